The standard InChI is InChI=1S/C14H19ClN4/c1-3-7-19-13(17-10-18-19)9-14(2,16)11-5-4-6-12(15)8-11/h4-6,8,10H,3,7,9,16H2,1-2H3. The van der Waals surface area contributed by atoms with E-state index < -0.39 is 5.54 Å². The molecular weight excluding hydrogens is 260 g/mol. The Kier molecular flexibility index (Phi) is 4.22. The molecule has 19 heavy (non-hydrogen) atoms. The second-order valence-corrected chi connectivity index (χ2v) is 5.44. The number of aryl methyl sites for hydroxylation is 1. The summed E-state index contributed by atoms with van der Waals surface area (Å²) in [7, 11) is 0. The molecule has 2 aromatic rings. The van der Waals surface area contributed by atoms with Gasteiger partial charge < -0.3 is 5.73 Å². The van der Waals surface area contributed by atoms with Crippen molar-refractivity contribution in [3.63, 3.8) is 0 Å². The highest BCUT2D eigenvalue weighted by Gasteiger charge is 2.24. The van der Waals surface area contributed by atoms with Crippen molar-refractivity contribution in [1.82, 2.24) is 14.8 Å². The number of nitrogens with zero attached hydrogens (tertiary/aromatic N) is 3. The van der Waals surface area contributed by atoms with Crippen LogP contribution in [0.2, 0.25) is 5.02 Å². The lowest BCUT2D eigenvalue weighted by atomic mass is 9.89. The molecule has 0 saturated heterocycles. The predicted molar refractivity (Wildman–Crippen MR) is 77.0 cm³/mol. The van der Waals surface area contributed by atoms with Crippen LogP contribution in [0.5, 0.6) is 0 Å². The molecule has 2 rings (SSSR count). The van der Waals surface area contributed by atoms with Crippen molar-refractivity contribution < 1.29 is 0 Å². The SMILES string of the molecule is CCCn1ncnc1CC(C)(N)c1cccc(Cl)c1. The van der Waals surface area contributed by atoms with Gasteiger partial charge in [0.1, 0.15) is 12.2 Å². The molecule has 0 amide bonds. The van der Waals surface area contributed by atoms with Crippen molar-refractivity contribution in [3.05, 3.63) is 47.0 Å². The zero-order valence-electron chi connectivity index (χ0n) is 11.3. The maximum Gasteiger partial charge on any atom is 0.138 e. The monoisotopic (exact) mass is 278 g/mol. The van der Waals surface area contributed by atoms with Crippen LogP contribution in [0.1, 0.15) is 31.7 Å². The van der Waals surface area contributed by atoms with Gasteiger partial charge >= 0.3 is 0 Å². The number of nitrogens with two attached hydrogens (primary N) is 1. The van der Waals surface area contributed by atoms with E-state index in [9.17, 15) is 0 Å². The van der Waals surface area contributed by atoms with E-state index in [1.165, 1.54) is 0 Å². The minimum absolute atomic E-state index is 0.510. The summed E-state index contributed by atoms with van der Waals surface area (Å²) < 4.78 is 1.91. The third kappa shape index (κ3) is 3.33. The maximum atomic E-state index is 6.42. The van der Waals surface area contributed by atoms with Crippen LogP contribution in [0.4, 0.5) is 0 Å². The fourth-order valence-electron chi connectivity index (χ4n) is 2.10. The smallest absolute Gasteiger partial charge is 0.138 e. The molecule has 0 spiro atoms. The van der Waals surface area contributed by atoms with E-state index in [0.717, 1.165) is 24.4 Å². The molecule has 0 bridgehead atoms. The summed E-state index contributed by atoms with van der Waals surface area (Å²) in [4.78, 5) is 4.31. The molecule has 0 aliphatic carbocycles. The lowest BCUT2D eigenvalue weighted by Gasteiger charge is -2.25. The highest BCUT2D eigenvalue weighted by molar-refractivity contribution is 6.30. The van der Waals surface area contributed by atoms with Gasteiger partial charge in [-0.15, -0.1) is 0 Å². The molecule has 0 aliphatic rings. The van der Waals surface area contributed by atoms with Crippen LogP contribution in [0, 0.1) is 0 Å². The van der Waals surface area contributed by atoms with Crippen LogP contribution < -0.4 is 5.73 Å². The zero-order chi connectivity index (χ0) is 13.9. The fraction of sp³-hybridized carbons (Fsp3) is 0.429. The Bertz CT molecular complexity index is 548. The molecular formula is C14H19ClN4. The van der Waals surface area contributed by atoms with Gasteiger partial charge in [0.2, 0.25) is 0 Å². The Hall–Kier alpha value is -1.39. The average molecular weight is 279 g/mol. The van der Waals surface area contributed by atoms with Gasteiger partial charge in [0.25, 0.3) is 0 Å². The lowest BCUT2D eigenvalue weighted by molar-refractivity contribution is 0.451. The van der Waals surface area contributed by atoms with Crippen molar-refractivity contribution in [1.29, 1.82) is 0 Å². The molecule has 0 saturated carbocycles. The van der Waals surface area contributed by atoms with Crippen molar-refractivity contribution in [2.24, 2.45) is 5.73 Å². The number of benzene rings is 1. The van der Waals surface area contributed by atoms with E-state index in [1.807, 2.05) is 35.9 Å². The summed E-state index contributed by atoms with van der Waals surface area (Å²) in [5, 5.41) is 4.92. The fourth-order valence-corrected chi connectivity index (χ4v) is 2.29. The number of hydrogen-bond donors (Lipinski definition) is 1. The van der Waals surface area contributed by atoms with E-state index in [-0.39, 0.29) is 0 Å². The number of halogens is 1. The van der Waals surface area contributed by atoms with Crippen molar-refractivity contribution >= 4 is 11.6 Å². The van der Waals surface area contributed by atoms with E-state index >= 15 is 0 Å². The summed E-state index contributed by atoms with van der Waals surface area (Å²) in [6.45, 7) is 4.97. The van der Waals surface area contributed by atoms with E-state index in [0.29, 0.717) is 11.4 Å². The van der Waals surface area contributed by atoms with Crippen LogP contribution in [0.25, 0.3) is 0 Å². The molecule has 0 aliphatic heterocycles. The minimum atomic E-state index is -0.510. The Morgan fingerprint density at radius 1 is 1.42 bits per heavy atom. The van der Waals surface area contributed by atoms with E-state index in [1.54, 1.807) is 6.33 Å². The quantitative estimate of drug-likeness (QED) is 0.915. The molecule has 1 unspecified atom stereocenters. The van der Waals surface area contributed by atoms with Crippen molar-refractivity contribution in [3.8, 4) is 0 Å². The Morgan fingerprint density at radius 2 is 2.21 bits per heavy atom. The molecule has 4 nitrogen and oxygen atoms in total. The van der Waals surface area contributed by atoms with Crippen LogP contribution in [-0.4, -0.2) is 14.8 Å². The minimum Gasteiger partial charge on any atom is -0.321 e. The third-order valence-electron chi connectivity index (χ3n) is 3.14. The highest BCUT2D eigenvalue weighted by Crippen LogP contribution is 2.24. The predicted octanol–water partition coefficient (Wildman–Crippen LogP) is 2.76. The van der Waals surface area contributed by atoms with Gasteiger partial charge in [0.15, 0.2) is 0 Å². The van der Waals surface area contributed by atoms with Crippen molar-refractivity contribution in [2.45, 2.75) is 38.8 Å². The van der Waals surface area contributed by atoms with E-state index in [2.05, 4.69) is 17.0 Å². The average Bonchev–Trinajstić information content (AvgIpc) is 2.76. The summed E-state index contributed by atoms with van der Waals surface area (Å²) in [6, 6.07) is 7.66. The molecule has 0 radical (unpaired) electrons. The van der Waals surface area contributed by atoms with Gasteiger partial charge in [-0.05, 0) is 31.0 Å². The van der Waals surface area contributed by atoms with Gasteiger partial charge in [-0.2, -0.15) is 5.10 Å². The molecule has 1 atom stereocenters. The topological polar surface area (TPSA) is 56.7 Å². The summed E-state index contributed by atoms with van der Waals surface area (Å²) in [6.07, 6.45) is 3.24. The zero-order valence-corrected chi connectivity index (χ0v) is 12.1. The molecule has 0 fully saturated rings. The second kappa shape index (κ2) is 5.72. The summed E-state index contributed by atoms with van der Waals surface area (Å²) >= 11 is 6.03. The Balaban J connectivity index is 2.23. The number of hydrogen-bond acceptors (Lipinski definition) is 3. The first-order valence-corrected chi connectivity index (χ1v) is 6.82. The lowest BCUT2D eigenvalue weighted by Crippen LogP contribution is -2.36. The molecule has 1 heterocycles. The van der Waals surface area contributed by atoms with Crippen LogP contribution in [0.3, 0.4) is 0 Å². The molecule has 2 N–H and O–H groups in total. The first kappa shape index (κ1) is 14.0. The van der Waals surface area contributed by atoms with Crippen LogP contribution in [-0.2, 0) is 18.5 Å². The number of aromatic nitrogens is 3. The van der Waals surface area contributed by atoms with Gasteiger partial charge in [0.05, 0.1) is 0 Å². The van der Waals surface area contributed by atoms with E-state index in [4.69, 9.17) is 17.3 Å². The molecule has 102 valence electrons. The second-order valence-electron chi connectivity index (χ2n) is 5.00. The Morgan fingerprint density at radius 3 is 2.89 bits per heavy atom. The van der Waals surface area contributed by atoms with Gasteiger partial charge in [-0.3, -0.25) is 4.68 Å². The number of rotatable bonds is 5. The van der Waals surface area contributed by atoms with Gasteiger partial charge in [0, 0.05) is 23.5 Å². The first-order valence-electron chi connectivity index (χ1n) is 6.44. The maximum absolute atomic E-state index is 6.42. The van der Waals surface area contributed by atoms with Crippen molar-refractivity contribution in [2.75, 3.05) is 0 Å². The normalized spacial score (nSPS) is 14.3. The largest absolute Gasteiger partial charge is 0.321 e. The molecule has 1 aromatic carbocycles. The van der Waals surface area contributed by atoms with Gasteiger partial charge in [-0.1, -0.05) is 30.7 Å². The summed E-state index contributed by atoms with van der Waals surface area (Å²) in [5.74, 6) is 0.909. The highest BCUT2D eigenvalue weighted by atomic mass is 35.5. The Labute approximate surface area is 118 Å². The van der Waals surface area contributed by atoms with Gasteiger partial charge in [-0.25, -0.2) is 4.98 Å². The summed E-state index contributed by atoms with van der Waals surface area (Å²) in [5.41, 5.74) is 6.92. The first-order chi connectivity index (χ1) is 9.03. The molecule has 5 heteroatoms. The van der Waals surface area contributed by atoms with Crippen LogP contribution >= 0.6 is 11.6 Å². The molecule has 1 aromatic heterocycles. The van der Waals surface area contributed by atoms with Crippen LogP contribution in [0.15, 0.2) is 30.6 Å². The third-order valence-corrected chi connectivity index (χ3v) is 3.38.